The van der Waals surface area contributed by atoms with Crippen LogP contribution in [0.5, 0.6) is 0 Å². The molecule has 1 aromatic heterocycles. The zero-order valence-electron chi connectivity index (χ0n) is 8.83. The molecule has 6 heteroatoms. The molecule has 82 valence electrons. The smallest absolute Gasteiger partial charge is 0.265 e. The number of aryl methyl sites for hydroxylation is 1. The minimum atomic E-state index is -0.131. The molecule has 2 N–H and O–H groups in total. The van der Waals surface area contributed by atoms with Gasteiger partial charge in [0.05, 0.1) is 11.2 Å². The van der Waals surface area contributed by atoms with E-state index in [2.05, 4.69) is 27.1 Å². The van der Waals surface area contributed by atoms with E-state index < -0.39 is 0 Å². The van der Waals surface area contributed by atoms with Crippen LogP contribution in [0.1, 0.15) is 28.7 Å². The van der Waals surface area contributed by atoms with Gasteiger partial charge in [-0.15, -0.1) is 5.10 Å². The second-order valence-corrected chi connectivity index (χ2v) is 4.88. The van der Waals surface area contributed by atoms with Gasteiger partial charge in [-0.1, -0.05) is 4.49 Å². The Morgan fingerprint density at radius 3 is 3.00 bits per heavy atom. The minimum absolute atomic E-state index is 0.0614. The molecule has 0 bridgehead atoms. The fourth-order valence-corrected chi connectivity index (χ4v) is 2.25. The van der Waals surface area contributed by atoms with Crippen molar-refractivity contribution in [3.05, 3.63) is 10.6 Å². The minimum Gasteiger partial charge on any atom is -0.345 e. The lowest BCUT2D eigenvalue weighted by molar-refractivity contribution is 0.0916. The van der Waals surface area contributed by atoms with Crippen molar-refractivity contribution in [2.45, 2.75) is 25.8 Å². The zero-order chi connectivity index (χ0) is 10.9. The van der Waals surface area contributed by atoms with Gasteiger partial charge in [0.1, 0.15) is 4.88 Å². The number of hydrogen-bond acceptors (Lipinski definition) is 5. The Morgan fingerprint density at radius 2 is 2.47 bits per heavy atom. The van der Waals surface area contributed by atoms with Crippen LogP contribution < -0.4 is 10.6 Å². The second-order valence-electron chi connectivity index (χ2n) is 4.13. The number of nitrogens with zero attached hydrogens (tertiary/aromatic N) is 2. The number of hydrogen-bond donors (Lipinski definition) is 2. The maximum absolute atomic E-state index is 11.9. The lowest BCUT2D eigenvalue weighted by Crippen LogP contribution is -2.47. The van der Waals surface area contributed by atoms with Crippen LogP contribution in [0.3, 0.4) is 0 Å². The molecule has 1 saturated heterocycles. The predicted octanol–water partition coefficient (Wildman–Crippen LogP) is 0.328. The van der Waals surface area contributed by atoms with Crippen molar-refractivity contribution in [1.82, 2.24) is 20.2 Å². The second kappa shape index (κ2) is 3.86. The molecule has 1 unspecified atom stereocenters. The van der Waals surface area contributed by atoms with Crippen LogP contribution in [0.15, 0.2) is 0 Å². The number of rotatable bonds is 2. The summed E-state index contributed by atoms with van der Waals surface area (Å²) < 4.78 is 3.76. The highest BCUT2D eigenvalue weighted by atomic mass is 32.1. The van der Waals surface area contributed by atoms with Gasteiger partial charge >= 0.3 is 0 Å². The quantitative estimate of drug-likeness (QED) is 0.762. The van der Waals surface area contributed by atoms with Crippen molar-refractivity contribution in [2.24, 2.45) is 0 Å². The largest absolute Gasteiger partial charge is 0.345 e. The third-order valence-electron chi connectivity index (χ3n) is 2.64. The topological polar surface area (TPSA) is 66.9 Å². The van der Waals surface area contributed by atoms with Gasteiger partial charge in [0.25, 0.3) is 5.91 Å². The summed E-state index contributed by atoms with van der Waals surface area (Å²) >= 11 is 1.15. The number of nitrogens with one attached hydrogen (secondary N) is 2. The molecule has 2 rings (SSSR count). The number of aromatic nitrogens is 2. The first-order chi connectivity index (χ1) is 7.11. The fraction of sp³-hybridized carbons (Fsp3) is 0.667. The first kappa shape index (κ1) is 10.5. The number of carbonyl (C=O) groups excluding carboxylic acids is 1. The molecule has 15 heavy (non-hydrogen) atoms. The average Bonchev–Trinajstić information content (AvgIpc) is 2.74. The summed E-state index contributed by atoms with van der Waals surface area (Å²) in [5, 5.41) is 10.1. The summed E-state index contributed by atoms with van der Waals surface area (Å²) in [5.41, 5.74) is 0.570. The predicted molar refractivity (Wildman–Crippen MR) is 58.0 cm³/mol. The van der Waals surface area contributed by atoms with Gasteiger partial charge in [-0.2, -0.15) is 0 Å². The molecule has 0 radical (unpaired) electrons. The summed E-state index contributed by atoms with van der Waals surface area (Å²) in [5.74, 6) is -0.0614. The van der Waals surface area contributed by atoms with E-state index in [0.29, 0.717) is 10.6 Å². The van der Waals surface area contributed by atoms with Gasteiger partial charge in [-0.05, 0) is 38.3 Å². The molecule has 2 heterocycles. The molecule has 0 spiro atoms. The molecule has 1 aliphatic rings. The van der Waals surface area contributed by atoms with Crippen molar-refractivity contribution in [3.8, 4) is 0 Å². The van der Waals surface area contributed by atoms with E-state index in [1.807, 2.05) is 0 Å². The van der Waals surface area contributed by atoms with E-state index in [1.165, 1.54) is 0 Å². The van der Waals surface area contributed by atoms with E-state index in [9.17, 15) is 4.79 Å². The van der Waals surface area contributed by atoms with Crippen molar-refractivity contribution in [3.63, 3.8) is 0 Å². The molecule has 1 fully saturated rings. The monoisotopic (exact) mass is 226 g/mol. The highest BCUT2D eigenvalue weighted by Gasteiger charge is 2.31. The Labute approximate surface area is 92.4 Å². The zero-order valence-corrected chi connectivity index (χ0v) is 9.65. The normalized spacial score (nSPS) is 25.5. The first-order valence-electron chi connectivity index (χ1n) is 4.93. The highest BCUT2D eigenvalue weighted by molar-refractivity contribution is 7.08. The molecule has 1 amide bonds. The third kappa shape index (κ3) is 2.15. The van der Waals surface area contributed by atoms with Crippen LogP contribution in [-0.2, 0) is 0 Å². The molecule has 1 aromatic rings. The van der Waals surface area contributed by atoms with Crippen LogP contribution >= 0.6 is 11.5 Å². The Morgan fingerprint density at radius 1 is 1.67 bits per heavy atom. The molecule has 0 aliphatic carbocycles. The summed E-state index contributed by atoms with van der Waals surface area (Å²) in [6.45, 7) is 5.63. The van der Waals surface area contributed by atoms with Crippen LogP contribution in [0.4, 0.5) is 0 Å². The maximum atomic E-state index is 11.9. The van der Waals surface area contributed by atoms with Crippen LogP contribution in [0, 0.1) is 6.92 Å². The van der Waals surface area contributed by atoms with E-state index in [4.69, 9.17) is 0 Å². The van der Waals surface area contributed by atoms with E-state index in [1.54, 1.807) is 6.92 Å². The van der Waals surface area contributed by atoms with E-state index >= 15 is 0 Å². The fourth-order valence-electron chi connectivity index (χ4n) is 1.69. The summed E-state index contributed by atoms with van der Waals surface area (Å²) in [4.78, 5) is 12.5. The van der Waals surface area contributed by atoms with Crippen molar-refractivity contribution < 1.29 is 4.79 Å². The molecule has 5 nitrogen and oxygen atoms in total. The molecular formula is C9H14N4OS. The molecular weight excluding hydrogens is 212 g/mol. The van der Waals surface area contributed by atoms with Gasteiger partial charge in [0.15, 0.2) is 0 Å². The van der Waals surface area contributed by atoms with E-state index in [-0.39, 0.29) is 11.4 Å². The summed E-state index contributed by atoms with van der Waals surface area (Å²) in [6, 6.07) is 0. The highest BCUT2D eigenvalue weighted by Crippen LogP contribution is 2.16. The van der Waals surface area contributed by atoms with Crippen molar-refractivity contribution >= 4 is 17.4 Å². The first-order valence-corrected chi connectivity index (χ1v) is 5.70. The van der Waals surface area contributed by atoms with Crippen LogP contribution in [-0.4, -0.2) is 34.1 Å². The van der Waals surface area contributed by atoms with Gasteiger partial charge in [-0.25, -0.2) is 0 Å². The Hall–Kier alpha value is -1.01. The molecule has 0 aromatic carbocycles. The van der Waals surface area contributed by atoms with Gasteiger partial charge < -0.3 is 10.6 Å². The standard InChI is InChI=1S/C9H14N4OS/c1-6-7(15-13-12-6)8(14)11-9(2)3-4-10-5-9/h10H,3-5H2,1-2H3,(H,11,14). The number of carbonyl (C=O) groups is 1. The lowest BCUT2D eigenvalue weighted by Gasteiger charge is -2.23. The van der Waals surface area contributed by atoms with Crippen molar-refractivity contribution in [2.75, 3.05) is 13.1 Å². The van der Waals surface area contributed by atoms with E-state index in [0.717, 1.165) is 31.0 Å². The SMILES string of the molecule is Cc1nnsc1C(=O)NC1(C)CCNC1. The average molecular weight is 226 g/mol. The van der Waals surface area contributed by atoms with Crippen molar-refractivity contribution in [1.29, 1.82) is 0 Å². The lowest BCUT2D eigenvalue weighted by atomic mass is 10.0. The van der Waals surface area contributed by atoms with Gasteiger partial charge in [-0.3, -0.25) is 4.79 Å². The third-order valence-corrected chi connectivity index (χ3v) is 3.47. The molecule has 1 aliphatic heterocycles. The Bertz CT molecular complexity index is 370. The number of amides is 1. The summed E-state index contributed by atoms with van der Waals surface area (Å²) in [7, 11) is 0. The van der Waals surface area contributed by atoms with Crippen LogP contribution in [0.2, 0.25) is 0 Å². The molecule has 1 atom stereocenters. The maximum Gasteiger partial charge on any atom is 0.265 e. The van der Waals surface area contributed by atoms with Gasteiger partial charge in [0, 0.05) is 6.54 Å². The van der Waals surface area contributed by atoms with Crippen LogP contribution in [0.25, 0.3) is 0 Å². The summed E-state index contributed by atoms with van der Waals surface area (Å²) in [6.07, 6.45) is 0.962. The Balaban J connectivity index is 2.07. The van der Waals surface area contributed by atoms with Gasteiger partial charge in [0.2, 0.25) is 0 Å². The molecule has 0 saturated carbocycles. The Kier molecular flexibility index (Phi) is 2.70.